The first kappa shape index (κ1) is 16.9. The van der Waals surface area contributed by atoms with Crippen LogP contribution >= 0.6 is 34.8 Å². The SMILES string of the molecule is O=C(OC(CCl)COc1ccc(Cl)cc1)c1ccc(Cl)cc1. The molecule has 0 aliphatic heterocycles. The van der Waals surface area contributed by atoms with E-state index in [4.69, 9.17) is 44.3 Å². The lowest BCUT2D eigenvalue weighted by Crippen LogP contribution is -2.26. The summed E-state index contributed by atoms with van der Waals surface area (Å²) in [5.41, 5.74) is 0.408. The molecule has 2 aromatic rings. The van der Waals surface area contributed by atoms with E-state index in [0.717, 1.165) is 0 Å². The Labute approximate surface area is 143 Å². The van der Waals surface area contributed by atoms with Crippen LogP contribution in [0.25, 0.3) is 0 Å². The van der Waals surface area contributed by atoms with Crippen molar-refractivity contribution in [1.29, 1.82) is 0 Å². The Morgan fingerprint density at radius 1 is 0.955 bits per heavy atom. The summed E-state index contributed by atoms with van der Waals surface area (Å²) in [4.78, 5) is 12.0. The molecule has 22 heavy (non-hydrogen) atoms. The van der Waals surface area contributed by atoms with Crippen molar-refractivity contribution in [2.45, 2.75) is 6.10 Å². The van der Waals surface area contributed by atoms with E-state index in [1.54, 1.807) is 48.5 Å². The van der Waals surface area contributed by atoms with Crippen LogP contribution in [0.3, 0.4) is 0 Å². The van der Waals surface area contributed by atoms with Crippen molar-refractivity contribution < 1.29 is 14.3 Å². The maximum atomic E-state index is 12.0. The van der Waals surface area contributed by atoms with Crippen LogP contribution in [0.4, 0.5) is 0 Å². The zero-order chi connectivity index (χ0) is 15.9. The number of benzene rings is 2. The molecular formula is C16H13Cl3O3. The predicted molar refractivity (Wildman–Crippen MR) is 88.3 cm³/mol. The molecule has 3 nitrogen and oxygen atoms in total. The van der Waals surface area contributed by atoms with Crippen LogP contribution in [0.15, 0.2) is 48.5 Å². The molecule has 0 aliphatic rings. The Bertz CT molecular complexity index is 612. The fourth-order valence-electron chi connectivity index (χ4n) is 1.64. The van der Waals surface area contributed by atoms with Crippen molar-refractivity contribution in [2.24, 2.45) is 0 Å². The second kappa shape index (κ2) is 8.28. The van der Waals surface area contributed by atoms with Crippen molar-refractivity contribution >= 4 is 40.8 Å². The summed E-state index contributed by atoms with van der Waals surface area (Å²) in [5, 5.41) is 1.17. The highest BCUT2D eigenvalue weighted by Crippen LogP contribution is 2.16. The standard InChI is InChI=1S/C16H13Cl3O3/c17-9-15(10-21-14-7-5-13(19)6-8-14)22-16(20)11-1-3-12(18)4-2-11/h1-8,15H,9-10H2. The third-order valence-corrected chi connectivity index (χ3v) is 3.62. The number of halogens is 3. The molecule has 0 N–H and O–H groups in total. The molecular weight excluding hydrogens is 347 g/mol. The molecule has 0 bridgehead atoms. The normalized spacial score (nSPS) is 11.8. The summed E-state index contributed by atoms with van der Waals surface area (Å²) >= 11 is 17.4. The van der Waals surface area contributed by atoms with Crippen molar-refractivity contribution in [1.82, 2.24) is 0 Å². The first-order valence-electron chi connectivity index (χ1n) is 6.49. The maximum Gasteiger partial charge on any atom is 0.338 e. The van der Waals surface area contributed by atoms with Gasteiger partial charge in [-0.1, -0.05) is 23.2 Å². The molecule has 2 aromatic carbocycles. The van der Waals surface area contributed by atoms with Crippen LogP contribution in [-0.4, -0.2) is 24.6 Å². The molecule has 0 saturated carbocycles. The maximum absolute atomic E-state index is 12.0. The molecule has 0 amide bonds. The first-order chi connectivity index (χ1) is 10.6. The first-order valence-corrected chi connectivity index (χ1v) is 7.78. The van der Waals surface area contributed by atoms with Crippen molar-refractivity contribution in [3.63, 3.8) is 0 Å². The average Bonchev–Trinajstić information content (AvgIpc) is 2.53. The monoisotopic (exact) mass is 358 g/mol. The Morgan fingerprint density at radius 3 is 2.05 bits per heavy atom. The number of esters is 1. The number of ether oxygens (including phenoxy) is 2. The minimum Gasteiger partial charge on any atom is -0.490 e. The van der Waals surface area contributed by atoms with E-state index >= 15 is 0 Å². The van der Waals surface area contributed by atoms with Gasteiger partial charge in [-0.15, -0.1) is 11.6 Å². The molecule has 0 radical (unpaired) electrons. The molecule has 2 rings (SSSR count). The van der Waals surface area contributed by atoms with Gasteiger partial charge in [0.15, 0.2) is 0 Å². The van der Waals surface area contributed by atoms with Gasteiger partial charge < -0.3 is 9.47 Å². The topological polar surface area (TPSA) is 35.5 Å². The van der Waals surface area contributed by atoms with Gasteiger partial charge in [-0.3, -0.25) is 0 Å². The van der Waals surface area contributed by atoms with E-state index in [-0.39, 0.29) is 12.5 Å². The average molecular weight is 360 g/mol. The minimum absolute atomic E-state index is 0.132. The second-order valence-corrected chi connectivity index (χ2v) is 5.63. The van der Waals surface area contributed by atoms with Gasteiger partial charge in [-0.2, -0.15) is 0 Å². The molecule has 0 saturated heterocycles. The number of carbonyl (C=O) groups is 1. The Hall–Kier alpha value is -1.42. The lowest BCUT2D eigenvalue weighted by atomic mass is 10.2. The van der Waals surface area contributed by atoms with E-state index in [1.165, 1.54) is 0 Å². The Balaban J connectivity index is 1.90. The molecule has 0 aromatic heterocycles. The van der Waals surface area contributed by atoms with Crippen LogP contribution in [0.5, 0.6) is 5.75 Å². The highest BCUT2D eigenvalue weighted by atomic mass is 35.5. The van der Waals surface area contributed by atoms with Crippen LogP contribution in [0.1, 0.15) is 10.4 Å². The van der Waals surface area contributed by atoms with E-state index in [2.05, 4.69) is 0 Å². The van der Waals surface area contributed by atoms with Crippen LogP contribution in [-0.2, 0) is 4.74 Å². The highest BCUT2D eigenvalue weighted by molar-refractivity contribution is 6.30. The summed E-state index contributed by atoms with van der Waals surface area (Å²) in [7, 11) is 0. The van der Waals surface area contributed by atoms with Crippen molar-refractivity contribution in [2.75, 3.05) is 12.5 Å². The van der Waals surface area contributed by atoms with Gasteiger partial charge >= 0.3 is 5.97 Å². The second-order valence-electron chi connectivity index (χ2n) is 4.45. The lowest BCUT2D eigenvalue weighted by molar-refractivity contribution is 0.0237. The third kappa shape index (κ3) is 5.09. The summed E-state index contributed by atoms with van der Waals surface area (Å²) < 4.78 is 10.8. The Morgan fingerprint density at radius 2 is 1.50 bits per heavy atom. The van der Waals surface area contributed by atoms with Gasteiger partial charge in [0.2, 0.25) is 0 Å². The molecule has 0 aliphatic carbocycles. The molecule has 0 fully saturated rings. The largest absolute Gasteiger partial charge is 0.490 e. The fourth-order valence-corrected chi connectivity index (χ4v) is 2.04. The van der Waals surface area contributed by atoms with Gasteiger partial charge in [-0.25, -0.2) is 4.79 Å². The van der Waals surface area contributed by atoms with E-state index in [0.29, 0.717) is 21.4 Å². The van der Waals surface area contributed by atoms with Gasteiger partial charge in [0.25, 0.3) is 0 Å². The lowest BCUT2D eigenvalue weighted by Gasteiger charge is -2.16. The van der Waals surface area contributed by atoms with E-state index in [9.17, 15) is 4.79 Å². The van der Waals surface area contributed by atoms with E-state index < -0.39 is 12.1 Å². The van der Waals surface area contributed by atoms with Crippen LogP contribution in [0.2, 0.25) is 10.0 Å². The van der Waals surface area contributed by atoms with Gasteiger partial charge in [0, 0.05) is 10.0 Å². The van der Waals surface area contributed by atoms with Crippen LogP contribution in [0, 0.1) is 0 Å². The molecule has 0 spiro atoms. The molecule has 1 unspecified atom stereocenters. The molecule has 116 valence electrons. The smallest absolute Gasteiger partial charge is 0.338 e. The number of rotatable bonds is 6. The summed E-state index contributed by atoms with van der Waals surface area (Å²) in [6.45, 7) is 0.157. The zero-order valence-electron chi connectivity index (χ0n) is 11.5. The zero-order valence-corrected chi connectivity index (χ0v) is 13.7. The van der Waals surface area contributed by atoms with E-state index in [1.807, 2.05) is 0 Å². The van der Waals surface area contributed by atoms with Crippen molar-refractivity contribution in [3.8, 4) is 5.75 Å². The fraction of sp³-hybridized carbons (Fsp3) is 0.188. The number of hydrogen-bond acceptors (Lipinski definition) is 3. The number of hydrogen-bond donors (Lipinski definition) is 0. The summed E-state index contributed by atoms with van der Waals surface area (Å²) in [6, 6.07) is 13.3. The van der Waals surface area contributed by atoms with Crippen molar-refractivity contribution in [3.05, 3.63) is 64.1 Å². The van der Waals surface area contributed by atoms with Gasteiger partial charge in [0.05, 0.1) is 11.4 Å². The molecule has 6 heteroatoms. The number of carbonyl (C=O) groups excluding carboxylic acids is 1. The Kier molecular flexibility index (Phi) is 6.37. The highest BCUT2D eigenvalue weighted by Gasteiger charge is 2.16. The summed E-state index contributed by atoms with van der Waals surface area (Å²) in [6.07, 6.45) is -0.555. The van der Waals surface area contributed by atoms with Crippen LogP contribution < -0.4 is 4.74 Å². The predicted octanol–water partition coefficient (Wildman–Crippen LogP) is 4.84. The molecule has 1 atom stereocenters. The quantitative estimate of drug-likeness (QED) is 0.547. The minimum atomic E-state index is -0.555. The molecule has 0 heterocycles. The summed E-state index contributed by atoms with van der Waals surface area (Å²) in [5.74, 6) is 0.288. The van der Waals surface area contributed by atoms with Gasteiger partial charge in [0.1, 0.15) is 18.5 Å². The number of alkyl halides is 1. The van der Waals surface area contributed by atoms with Gasteiger partial charge in [-0.05, 0) is 48.5 Å². The third-order valence-electron chi connectivity index (χ3n) is 2.78.